The van der Waals surface area contributed by atoms with Crippen molar-refractivity contribution in [2.75, 3.05) is 20.8 Å². The van der Waals surface area contributed by atoms with Crippen LogP contribution in [0.4, 0.5) is 0 Å². The predicted octanol–water partition coefficient (Wildman–Crippen LogP) is 4.55. The smallest absolute Gasteiger partial charge is 0.337 e. The van der Waals surface area contributed by atoms with E-state index in [-0.39, 0.29) is 25.9 Å². The van der Waals surface area contributed by atoms with E-state index in [4.69, 9.17) is 18.9 Å². The summed E-state index contributed by atoms with van der Waals surface area (Å²) in [4.78, 5) is 38.5. The molecule has 1 saturated carbocycles. The zero-order valence-electron chi connectivity index (χ0n) is 18.9. The van der Waals surface area contributed by atoms with Gasteiger partial charge >= 0.3 is 17.9 Å². The summed E-state index contributed by atoms with van der Waals surface area (Å²) >= 11 is 3.43. The maximum atomic E-state index is 12.9. The SMILES string of the molecule is CCOC(=O)C1=C(C)OC(c2ccc(Br)cc2)=C2CC(C(=O)OC)(C(=O)OC)CC2(C)C1. The molecular formula is C24H27BrO7. The van der Waals surface area contributed by atoms with Crippen LogP contribution in [0.25, 0.3) is 5.76 Å². The molecule has 0 N–H and O–H groups in total. The third-order valence-corrected chi connectivity index (χ3v) is 6.73. The van der Waals surface area contributed by atoms with Crippen molar-refractivity contribution in [1.29, 1.82) is 0 Å². The fraction of sp³-hybridized carbons (Fsp3) is 0.458. The van der Waals surface area contributed by atoms with Gasteiger partial charge in [0.15, 0.2) is 5.41 Å². The van der Waals surface area contributed by atoms with Gasteiger partial charge in [0.25, 0.3) is 0 Å². The molecule has 1 aromatic carbocycles. The Kier molecular flexibility index (Phi) is 6.83. The van der Waals surface area contributed by atoms with Crippen LogP contribution in [0, 0.1) is 10.8 Å². The summed E-state index contributed by atoms with van der Waals surface area (Å²) in [5.74, 6) is -0.853. The summed E-state index contributed by atoms with van der Waals surface area (Å²) in [6.45, 7) is 5.61. The highest BCUT2D eigenvalue weighted by molar-refractivity contribution is 9.10. The minimum atomic E-state index is -1.53. The Morgan fingerprint density at radius 2 is 1.66 bits per heavy atom. The van der Waals surface area contributed by atoms with Crippen molar-refractivity contribution < 1.29 is 33.3 Å². The van der Waals surface area contributed by atoms with Crippen LogP contribution in [0.2, 0.25) is 0 Å². The Labute approximate surface area is 195 Å². The number of halogens is 1. The van der Waals surface area contributed by atoms with E-state index in [0.29, 0.717) is 17.1 Å². The Balaban J connectivity index is 2.24. The maximum absolute atomic E-state index is 12.9. The highest BCUT2D eigenvalue weighted by Crippen LogP contribution is 2.60. The quantitative estimate of drug-likeness (QED) is 0.328. The van der Waals surface area contributed by atoms with Crippen LogP contribution in [0.3, 0.4) is 0 Å². The molecule has 0 aromatic heterocycles. The molecule has 0 spiro atoms. The molecule has 1 atom stereocenters. The number of benzene rings is 1. The van der Waals surface area contributed by atoms with Crippen LogP contribution < -0.4 is 0 Å². The van der Waals surface area contributed by atoms with Crippen molar-refractivity contribution >= 4 is 39.6 Å². The van der Waals surface area contributed by atoms with Crippen LogP contribution in [-0.4, -0.2) is 38.7 Å². The van der Waals surface area contributed by atoms with Crippen molar-refractivity contribution in [2.45, 2.75) is 40.0 Å². The summed E-state index contributed by atoms with van der Waals surface area (Å²) in [6.07, 6.45) is 0.439. The average molecular weight is 507 g/mol. The molecule has 0 amide bonds. The van der Waals surface area contributed by atoms with E-state index in [1.807, 2.05) is 31.2 Å². The number of ether oxygens (including phenoxy) is 4. The van der Waals surface area contributed by atoms with Gasteiger partial charge in [-0.2, -0.15) is 0 Å². The van der Waals surface area contributed by atoms with Gasteiger partial charge in [0, 0.05) is 10.0 Å². The fourth-order valence-corrected chi connectivity index (χ4v) is 4.96. The number of carbonyl (C=O) groups excluding carboxylic acids is 3. The van der Waals surface area contributed by atoms with Crippen molar-refractivity contribution in [1.82, 2.24) is 0 Å². The van der Waals surface area contributed by atoms with Crippen LogP contribution in [0.15, 0.2) is 45.6 Å². The molecule has 0 radical (unpaired) electrons. The monoisotopic (exact) mass is 506 g/mol. The van der Waals surface area contributed by atoms with E-state index >= 15 is 0 Å². The summed E-state index contributed by atoms with van der Waals surface area (Å²) < 4.78 is 22.5. The van der Waals surface area contributed by atoms with Gasteiger partial charge in [-0.15, -0.1) is 0 Å². The lowest BCUT2D eigenvalue weighted by Gasteiger charge is -2.28. The maximum Gasteiger partial charge on any atom is 0.337 e. The first kappa shape index (κ1) is 24.0. The van der Waals surface area contributed by atoms with Crippen LogP contribution in [0.5, 0.6) is 0 Å². The molecule has 8 heteroatoms. The zero-order chi connectivity index (χ0) is 23.7. The van der Waals surface area contributed by atoms with Crippen LogP contribution in [0.1, 0.15) is 45.6 Å². The summed E-state index contributed by atoms with van der Waals surface area (Å²) in [5, 5.41) is 0. The Morgan fingerprint density at radius 1 is 1.06 bits per heavy atom. The largest absolute Gasteiger partial charge is 0.468 e. The Bertz CT molecular complexity index is 990. The highest BCUT2D eigenvalue weighted by Gasteiger charge is 2.61. The second-order valence-corrected chi connectivity index (χ2v) is 9.24. The minimum absolute atomic E-state index is 0.0671. The van der Waals surface area contributed by atoms with Gasteiger partial charge < -0.3 is 18.9 Å². The van der Waals surface area contributed by atoms with Gasteiger partial charge in [0.2, 0.25) is 0 Å². The molecular weight excluding hydrogens is 480 g/mol. The summed E-state index contributed by atoms with van der Waals surface area (Å²) in [7, 11) is 2.50. The number of rotatable bonds is 5. The zero-order valence-corrected chi connectivity index (χ0v) is 20.5. The first-order valence-electron chi connectivity index (χ1n) is 10.3. The number of methoxy groups -OCH3 is 2. The molecule has 1 aliphatic heterocycles. The van der Waals surface area contributed by atoms with Crippen molar-refractivity contribution in [3.8, 4) is 0 Å². The van der Waals surface area contributed by atoms with Gasteiger partial charge in [0.1, 0.15) is 11.5 Å². The minimum Gasteiger partial charge on any atom is -0.468 e. The number of esters is 3. The molecule has 1 aliphatic carbocycles. The number of carbonyl (C=O) groups is 3. The molecule has 0 bridgehead atoms. The number of hydrogen-bond acceptors (Lipinski definition) is 7. The number of fused-ring (bicyclic) bond motifs is 1. The Morgan fingerprint density at radius 3 is 2.19 bits per heavy atom. The normalized spacial score (nSPS) is 21.9. The molecule has 172 valence electrons. The van der Waals surface area contributed by atoms with E-state index in [1.54, 1.807) is 13.8 Å². The summed E-state index contributed by atoms with van der Waals surface area (Å²) in [6, 6.07) is 7.52. The molecule has 1 unspecified atom stereocenters. The Hall–Kier alpha value is -2.61. The molecule has 1 aromatic rings. The van der Waals surface area contributed by atoms with Gasteiger partial charge in [0.05, 0.1) is 26.4 Å². The van der Waals surface area contributed by atoms with E-state index < -0.39 is 28.7 Å². The number of hydrogen-bond donors (Lipinski definition) is 0. The van der Waals surface area contributed by atoms with Crippen molar-refractivity contribution in [3.05, 3.63) is 51.2 Å². The molecule has 7 nitrogen and oxygen atoms in total. The van der Waals surface area contributed by atoms with E-state index in [1.165, 1.54) is 14.2 Å². The molecule has 2 aliphatic rings. The standard InChI is InChI=1S/C24H27BrO7/c1-6-31-20(26)17-11-23(3)13-24(21(27)29-4,22(28)30-5)12-18(23)19(32-14(17)2)15-7-9-16(25)10-8-15/h7-10H,6,11-13H2,1-5H3. The van der Waals surface area contributed by atoms with Gasteiger partial charge in [-0.25, -0.2) is 4.79 Å². The molecule has 1 fully saturated rings. The third-order valence-electron chi connectivity index (χ3n) is 6.20. The van der Waals surface area contributed by atoms with Crippen molar-refractivity contribution in [2.24, 2.45) is 10.8 Å². The molecule has 1 heterocycles. The number of allylic oxidation sites excluding steroid dienone is 2. The lowest BCUT2D eigenvalue weighted by molar-refractivity contribution is -0.169. The lowest BCUT2D eigenvalue weighted by Crippen LogP contribution is -2.40. The molecule has 3 rings (SSSR count). The van der Waals surface area contributed by atoms with Crippen LogP contribution in [-0.2, 0) is 33.3 Å². The predicted molar refractivity (Wildman–Crippen MR) is 120 cm³/mol. The van der Waals surface area contributed by atoms with E-state index in [9.17, 15) is 14.4 Å². The molecule has 32 heavy (non-hydrogen) atoms. The van der Waals surface area contributed by atoms with Gasteiger partial charge in [-0.1, -0.05) is 35.0 Å². The van der Waals surface area contributed by atoms with Gasteiger partial charge in [-0.3, -0.25) is 9.59 Å². The first-order valence-corrected chi connectivity index (χ1v) is 11.1. The average Bonchev–Trinajstić information content (AvgIpc) is 3.04. The highest BCUT2D eigenvalue weighted by atomic mass is 79.9. The van der Waals surface area contributed by atoms with E-state index in [0.717, 1.165) is 15.6 Å². The second kappa shape index (κ2) is 9.10. The second-order valence-electron chi connectivity index (χ2n) is 8.33. The van der Waals surface area contributed by atoms with Gasteiger partial charge in [-0.05, 0) is 56.2 Å². The third kappa shape index (κ3) is 4.08. The summed E-state index contributed by atoms with van der Waals surface area (Å²) in [5.41, 5.74) is -0.365. The fourth-order valence-electron chi connectivity index (χ4n) is 4.70. The van der Waals surface area contributed by atoms with E-state index in [2.05, 4.69) is 15.9 Å². The lowest BCUT2D eigenvalue weighted by atomic mass is 9.75. The molecule has 0 saturated heterocycles. The van der Waals surface area contributed by atoms with Crippen molar-refractivity contribution in [3.63, 3.8) is 0 Å². The first-order chi connectivity index (χ1) is 15.1. The topological polar surface area (TPSA) is 88.1 Å². The van der Waals surface area contributed by atoms with Crippen LogP contribution >= 0.6 is 15.9 Å².